The second-order valence-electron chi connectivity index (χ2n) is 9.73. The number of aliphatic hydroxyl groups is 1. The number of nitrogens with zero attached hydrogens (tertiary/aromatic N) is 2. The summed E-state index contributed by atoms with van der Waals surface area (Å²) >= 11 is 0. The van der Waals surface area contributed by atoms with Crippen LogP contribution in [-0.4, -0.2) is 81.4 Å². The molecule has 3 atom stereocenters. The van der Waals surface area contributed by atoms with E-state index in [2.05, 4.69) is 30.7 Å². The molecule has 1 fully saturated rings. The Bertz CT molecular complexity index is 965. The van der Waals surface area contributed by atoms with E-state index in [-0.39, 0.29) is 30.1 Å². The molecule has 0 bridgehead atoms. The van der Waals surface area contributed by atoms with Crippen LogP contribution >= 0.6 is 0 Å². The number of hydrogen-bond donors (Lipinski definition) is 1. The molecule has 0 saturated carbocycles. The first-order valence-corrected chi connectivity index (χ1v) is 13.9. The van der Waals surface area contributed by atoms with E-state index >= 15 is 0 Å². The Balaban J connectivity index is 1.92. The Kier molecular flexibility index (Phi) is 9.81. The van der Waals surface area contributed by atoms with E-state index in [4.69, 9.17) is 9.47 Å². The minimum absolute atomic E-state index is 0.0658. The molecule has 3 rings (SSSR count). The first kappa shape index (κ1) is 27.0. The third kappa shape index (κ3) is 6.73. The molecule has 2 aliphatic heterocycles. The molecule has 0 spiro atoms. The van der Waals surface area contributed by atoms with Crippen molar-refractivity contribution >= 4 is 10.0 Å². The van der Waals surface area contributed by atoms with Crippen molar-refractivity contribution in [3.8, 4) is 17.6 Å². The van der Waals surface area contributed by atoms with Crippen molar-refractivity contribution in [2.45, 2.75) is 63.5 Å². The molecule has 0 amide bonds. The topological polar surface area (TPSA) is 79.3 Å². The van der Waals surface area contributed by atoms with Gasteiger partial charge in [0, 0.05) is 56.8 Å². The highest BCUT2D eigenvalue weighted by molar-refractivity contribution is 7.89. The van der Waals surface area contributed by atoms with Gasteiger partial charge in [-0.3, -0.25) is 0 Å². The summed E-state index contributed by atoms with van der Waals surface area (Å²) in [6, 6.07) is 4.56. The molecule has 190 valence electrons. The minimum atomic E-state index is -3.83. The van der Waals surface area contributed by atoms with E-state index < -0.39 is 16.1 Å². The average molecular weight is 493 g/mol. The Morgan fingerprint density at radius 2 is 2.00 bits per heavy atom. The van der Waals surface area contributed by atoms with E-state index in [1.807, 2.05) is 6.92 Å². The molecular weight excluding hydrogens is 452 g/mol. The molecule has 2 aliphatic rings. The first-order chi connectivity index (χ1) is 16.3. The van der Waals surface area contributed by atoms with E-state index in [1.54, 1.807) is 25.1 Å². The summed E-state index contributed by atoms with van der Waals surface area (Å²) in [5.74, 6) is 7.12. The van der Waals surface area contributed by atoms with Crippen LogP contribution < -0.4 is 4.74 Å². The third-order valence-corrected chi connectivity index (χ3v) is 8.70. The van der Waals surface area contributed by atoms with Gasteiger partial charge in [-0.05, 0) is 57.4 Å². The fourth-order valence-electron chi connectivity index (χ4n) is 4.56. The molecule has 0 aromatic heterocycles. The fourth-order valence-corrected chi connectivity index (χ4v) is 6.39. The normalized spacial score (nSPS) is 24.3. The van der Waals surface area contributed by atoms with Crippen LogP contribution in [0.2, 0.25) is 0 Å². The van der Waals surface area contributed by atoms with Gasteiger partial charge in [-0.15, -0.1) is 0 Å². The molecule has 7 nitrogen and oxygen atoms in total. The Labute approximate surface area is 205 Å². The lowest BCUT2D eigenvalue weighted by Crippen LogP contribution is -2.50. The lowest BCUT2D eigenvalue weighted by atomic mass is 9.98. The first-order valence-electron chi connectivity index (χ1n) is 12.4. The van der Waals surface area contributed by atoms with Crippen LogP contribution in [0.15, 0.2) is 23.1 Å². The van der Waals surface area contributed by atoms with Gasteiger partial charge in [0.25, 0.3) is 0 Å². The highest BCUT2D eigenvalue weighted by atomic mass is 32.2. The van der Waals surface area contributed by atoms with E-state index in [1.165, 1.54) is 4.31 Å². The van der Waals surface area contributed by atoms with Crippen LogP contribution in [0.4, 0.5) is 0 Å². The maximum atomic E-state index is 13.6. The summed E-state index contributed by atoms with van der Waals surface area (Å²) in [5, 5.41) is 9.80. The van der Waals surface area contributed by atoms with Gasteiger partial charge in [0.05, 0.1) is 6.61 Å². The number of hydrogen-bond acceptors (Lipinski definition) is 6. The minimum Gasteiger partial charge on any atom is -0.487 e. The van der Waals surface area contributed by atoms with Gasteiger partial charge >= 0.3 is 0 Å². The Morgan fingerprint density at radius 3 is 2.68 bits per heavy atom. The van der Waals surface area contributed by atoms with Gasteiger partial charge in [0.15, 0.2) is 0 Å². The zero-order valence-corrected chi connectivity index (χ0v) is 21.8. The number of ether oxygens (including phenoxy) is 2. The molecule has 1 aromatic rings. The van der Waals surface area contributed by atoms with E-state index in [0.717, 1.165) is 51.0 Å². The van der Waals surface area contributed by atoms with Crippen LogP contribution in [-0.2, 0) is 14.8 Å². The van der Waals surface area contributed by atoms with Crippen LogP contribution in [0.5, 0.6) is 5.75 Å². The number of unbranched alkanes of at least 4 members (excludes halogenated alkanes) is 1. The number of rotatable bonds is 7. The van der Waals surface area contributed by atoms with Gasteiger partial charge < -0.3 is 19.5 Å². The number of benzene rings is 1. The zero-order chi connectivity index (χ0) is 24.7. The second kappa shape index (κ2) is 12.4. The summed E-state index contributed by atoms with van der Waals surface area (Å²) in [4.78, 5) is 2.43. The van der Waals surface area contributed by atoms with Gasteiger partial charge in [-0.2, -0.15) is 4.31 Å². The lowest BCUT2D eigenvalue weighted by molar-refractivity contribution is 0.0402. The lowest BCUT2D eigenvalue weighted by Gasteiger charge is -2.38. The second-order valence-corrected chi connectivity index (χ2v) is 11.6. The van der Waals surface area contributed by atoms with Gasteiger partial charge in [-0.1, -0.05) is 25.7 Å². The molecule has 2 heterocycles. The number of sulfonamides is 1. The van der Waals surface area contributed by atoms with Crippen molar-refractivity contribution in [2.24, 2.45) is 11.8 Å². The SMILES string of the molecule is CCCC#Cc1ccc2c(c1)O[C@@H](CN(C)CC1CCOCC1)[C@@H](C)CN([C@@H](C)CO)S2(=O)=O. The molecule has 0 radical (unpaired) electrons. The molecule has 1 N–H and O–H groups in total. The Hall–Kier alpha value is -1.63. The van der Waals surface area contributed by atoms with Crippen molar-refractivity contribution < 1.29 is 23.0 Å². The maximum absolute atomic E-state index is 13.6. The highest BCUT2D eigenvalue weighted by Gasteiger charge is 2.38. The van der Waals surface area contributed by atoms with E-state index in [0.29, 0.717) is 18.2 Å². The molecular formula is C26H40N2O5S. The monoisotopic (exact) mass is 492 g/mol. The summed E-state index contributed by atoms with van der Waals surface area (Å²) in [6.07, 6.45) is 3.68. The van der Waals surface area contributed by atoms with Crippen molar-refractivity contribution in [3.05, 3.63) is 23.8 Å². The predicted molar refractivity (Wildman–Crippen MR) is 133 cm³/mol. The molecule has 0 aliphatic carbocycles. The van der Waals surface area contributed by atoms with Gasteiger partial charge in [0.1, 0.15) is 16.7 Å². The third-order valence-electron chi connectivity index (χ3n) is 6.68. The summed E-state index contributed by atoms with van der Waals surface area (Å²) in [5.41, 5.74) is 0.742. The molecule has 8 heteroatoms. The fraction of sp³-hybridized carbons (Fsp3) is 0.692. The maximum Gasteiger partial charge on any atom is 0.247 e. The Morgan fingerprint density at radius 1 is 1.26 bits per heavy atom. The standard InChI is InChI=1S/C26H40N2O5S/c1-5-6-7-8-22-9-10-26-24(15-22)33-25(18-27(4)17-23-11-13-32-14-12-23)20(2)16-28(21(3)19-29)34(26,30)31/h9-10,15,20-21,23,25,29H,5-6,11-14,16-19H2,1-4H3/t20-,21-,25-/m0/s1. The van der Waals surface area contributed by atoms with Crippen LogP contribution in [0.25, 0.3) is 0 Å². The van der Waals surface area contributed by atoms with Crippen LogP contribution in [0, 0.1) is 23.7 Å². The number of fused-ring (bicyclic) bond motifs is 1. The van der Waals surface area contributed by atoms with Crippen LogP contribution in [0.3, 0.4) is 0 Å². The summed E-state index contributed by atoms with van der Waals surface area (Å²) in [7, 11) is -1.73. The van der Waals surface area contributed by atoms with Crippen molar-refractivity contribution in [2.75, 3.05) is 46.5 Å². The van der Waals surface area contributed by atoms with Crippen molar-refractivity contribution in [1.29, 1.82) is 0 Å². The molecule has 34 heavy (non-hydrogen) atoms. The van der Waals surface area contributed by atoms with Gasteiger partial charge in [0.2, 0.25) is 10.0 Å². The molecule has 1 aromatic carbocycles. The van der Waals surface area contributed by atoms with Crippen molar-refractivity contribution in [1.82, 2.24) is 9.21 Å². The average Bonchev–Trinajstić information content (AvgIpc) is 2.81. The largest absolute Gasteiger partial charge is 0.487 e. The summed E-state index contributed by atoms with van der Waals surface area (Å²) < 4.78 is 40.5. The smallest absolute Gasteiger partial charge is 0.247 e. The van der Waals surface area contributed by atoms with E-state index in [9.17, 15) is 13.5 Å². The molecule has 1 saturated heterocycles. The summed E-state index contributed by atoms with van der Waals surface area (Å²) in [6.45, 7) is 9.16. The number of aliphatic hydroxyl groups excluding tert-OH is 1. The van der Waals surface area contributed by atoms with Crippen molar-refractivity contribution in [3.63, 3.8) is 0 Å². The van der Waals surface area contributed by atoms with Crippen LogP contribution in [0.1, 0.15) is 52.0 Å². The molecule has 0 unspecified atom stereocenters. The zero-order valence-electron chi connectivity index (χ0n) is 21.0. The highest BCUT2D eigenvalue weighted by Crippen LogP contribution is 2.34. The predicted octanol–water partition coefficient (Wildman–Crippen LogP) is 2.97. The van der Waals surface area contributed by atoms with Gasteiger partial charge in [-0.25, -0.2) is 8.42 Å². The quantitative estimate of drug-likeness (QED) is 0.590. The number of likely N-dealkylation sites (N-methyl/N-ethyl adjacent to an activating group) is 1.